The average molecular weight is 540 g/mol. The fraction of sp³-hybridized carbons (Fsp3) is 0.192. The lowest BCUT2D eigenvalue weighted by Gasteiger charge is -2.12. The van der Waals surface area contributed by atoms with E-state index in [1.54, 1.807) is 42.5 Å². The van der Waals surface area contributed by atoms with Gasteiger partial charge in [-0.15, -0.1) is 0 Å². The highest BCUT2D eigenvalue weighted by Gasteiger charge is 2.12. The van der Waals surface area contributed by atoms with Gasteiger partial charge in [-0.2, -0.15) is 0 Å². The Morgan fingerprint density at radius 1 is 0.941 bits per heavy atom. The molecule has 3 rings (SSSR count). The SMILES string of the molecule is CCCNC(=O)c1ccc(NC(=S)NC(=O)c2ccc(OCCc3ccccc3)c(Br)c2)cc1. The molecule has 6 nitrogen and oxygen atoms in total. The van der Waals surface area contributed by atoms with Gasteiger partial charge in [-0.05, 0) is 82.6 Å². The van der Waals surface area contributed by atoms with E-state index in [0.29, 0.717) is 40.2 Å². The maximum Gasteiger partial charge on any atom is 0.257 e. The number of thiocarbonyl (C=S) groups is 1. The van der Waals surface area contributed by atoms with Crippen LogP contribution < -0.4 is 20.7 Å². The van der Waals surface area contributed by atoms with Crippen molar-refractivity contribution in [2.75, 3.05) is 18.5 Å². The minimum Gasteiger partial charge on any atom is -0.492 e. The van der Waals surface area contributed by atoms with Crippen molar-refractivity contribution in [2.45, 2.75) is 19.8 Å². The second-order valence-corrected chi connectivity index (χ2v) is 8.73. The lowest BCUT2D eigenvalue weighted by Crippen LogP contribution is -2.34. The molecule has 3 N–H and O–H groups in total. The van der Waals surface area contributed by atoms with Gasteiger partial charge in [0.05, 0.1) is 11.1 Å². The monoisotopic (exact) mass is 539 g/mol. The number of nitrogens with one attached hydrogen (secondary N) is 3. The van der Waals surface area contributed by atoms with E-state index in [9.17, 15) is 9.59 Å². The summed E-state index contributed by atoms with van der Waals surface area (Å²) in [5.41, 5.74) is 2.87. The molecular weight excluding hydrogens is 514 g/mol. The summed E-state index contributed by atoms with van der Waals surface area (Å²) in [6.45, 7) is 3.16. The number of rotatable bonds is 9. The van der Waals surface area contributed by atoms with Crippen LogP contribution in [0.15, 0.2) is 77.3 Å². The van der Waals surface area contributed by atoms with Gasteiger partial charge in [0.25, 0.3) is 11.8 Å². The summed E-state index contributed by atoms with van der Waals surface area (Å²) in [6.07, 6.45) is 1.67. The maximum atomic E-state index is 12.6. The smallest absolute Gasteiger partial charge is 0.257 e. The summed E-state index contributed by atoms with van der Waals surface area (Å²) in [7, 11) is 0. The molecule has 0 aliphatic carbocycles. The molecule has 0 fully saturated rings. The first-order valence-corrected chi connectivity index (χ1v) is 12.1. The third-order valence-electron chi connectivity index (χ3n) is 4.85. The van der Waals surface area contributed by atoms with Gasteiger partial charge >= 0.3 is 0 Å². The second kappa shape index (κ2) is 12.9. The molecule has 0 aliphatic heterocycles. The Morgan fingerprint density at radius 3 is 2.32 bits per heavy atom. The van der Waals surface area contributed by atoms with E-state index in [4.69, 9.17) is 17.0 Å². The molecule has 0 aromatic heterocycles. The van der Waals surface area contributed by atoms with E-state index in [-0.39, 0.29) is 16.9 Å². The molecule has 0 heterocycles. The van der Waals surface area contributed by atoms with Crippen molar-refractivity contribution in [1.82, 2.24) is 10.6 Å². The summed E-state index contributed by atoms with van der Waals surface area (Å²) >= 11 is 8.73. The number of amides is 2. The van der Waals surface area contributed by atoms with Crippen LogP contribution in [-0.2, 0) is 6.42 Å². The predicted octanol–water partition coefficient (Wildman–Crippen LogP) is 5.34. The molecular formula is C26H26BrN3O3S. The number of hydrogen-bond acceptors (Lipinski definition) is 4. The molecule has 176 valence electrons. The first-order valence-electron chi connectivity index (χ1n) is 10.9. The van der Waals surface area contributed by atoms with Crippen LogP contribution in [0.4, 0.5) is 5.69 Å². The fourth-order valence-corrected chi connectivity index (χ4v) is 3.77. The third kappa shape index (κ3) is 7.67. The normalized spacial score (nSPS) is 10.3. The Morgan fingerprint density at radius 2 is 1.65 bits per heavy atom. The van der Waals surface area contributed by atoms with Gasteiger partial charge in [-0.3, -0.25) is 14.9 Å². The first-order chi connectivity index (χ1) is 16.5. The molecule has 0 spiro atoms. The van der Waals surface area contributed by atoms with Gasteiger partial charge in [0.1, 0.15) is 5.75 Å². The number of benzene rings is 3. The number of carbonyl (C=O) groups is 2. The van der Waals surface area contributed by atoms with E-state index in [2.05, 4.69) is 44.0 Å². The van der Waals surface area contributed by atoms with Crippen molar-refractivity contribution in [3.8, 4) is 5.75 Å². The zero-order valence-corrected chi connectivity index (χ0v) is 21.2. The standard InChI is InChI=1S/C26H26BrN3O3S/c1-2-15-28-24(31)19-8-11-21(12-9-19)29-26(34)30-25(32)20-10-13-23(22(27)17-20)33-16-14-18-6-4-3-5-7-18/h3-13,17H,2,14-16H2,1H3,(H,28,31)(H2,29,30,32,34). The van der Waals surface area contributed by atoms with Crippen LogP contribution in [0.1, 0.15) is 39.6 Å². The Hall–Kier alpha value is -3.23. The largest absolute Gasteiger partial charge is 0.492 e. The van der Waals surface area contributed by atoms with Crippen LogP contribution in [0.5, 0.6) is 5.75 Å². The number of hydrogen-bond donors (Lipinski definition) is 3. The van der Waals surface area contributed by atoms with Crippen LogP contribution in [0.25, 0.3) is 0 Å². The number of carbonyl (C=O) groups excluding carboxylic acids is 2. The Labute approximate surface area is 213 Å². The summed E-state index contributed by atoms with van der Waals surface area (Å²) in [5.74, 6) is 0.197. The summed E-state index contributed by atoms with van der Waals surface area (Å²) in [5, 5.41) is 8.60. The molecule has 3 aromatic rings. The van der Waals surface area contributed by atoms with Crippen molar-refractivity contribution in [3.05, 3.63) is 94.0 Å². The van der Waals surface area contributed by atoms with Crippen molar-refractivity contribution in [1.29, 1.82) is 0 Å². The van der Waals surface area contributed by atoms with E-state index in [0.717, 1.165) is 12.8 Å². The Bertz CT molecular complexity index is 1140. The predicted molar refractivity (Wildman–Crippen MR) is 143 cm³/mol. The molecule has 2 amide bonds. The van der Waals surface area contributed by atoms with E-state index < -0.39 is 0 Å². The van der Waals surface area contributed by atoms with E-state index in [1.165, 1.54) is 5.56 Å². The molecule has 0 saturated carbocycles. The Balaban J connectivity index is 1.50. The molecule has 0 bridgehead atoms. The van der Waals surface area contributed by atoms with Crippen LogP contribution in [-0.4, -0.2) is 30.1 Å². The molecule has 8 heteroatoms. The van der Waals surface area contributed by atoms with Crippen LogP contribution in [0, 0.1) is 0 Å². The molecule has 0 atom stereocenters. The quantitative estimate of drug-likeness (QED) is 0.320. The number of halogens is 1. The van der Waals surface area contributed by atoms with Gasteiger partial charge in [0.2, 0.25) is 0 Å². The van der Waals surface area contributed by atoms with Gasteiger partial charge < -0.3 is 15.4 Å². The molecule has 0 radical (unpaired) electrons. The minimum atomic E-state index is -0.343. The summed E-state index contributed by atoms with van der Waals surface area (Å²) in [6, 6.07) is 22.1. The number of ether oxygens (including phenoxy) is 1. The van der Waals surface area contributed by atoms with Crippen molar-refractivity contribution >= 4 is 50.8 Å². The van der Waals surface area contributed by atoms with E-state index in [1.807, 2.05) is 25.1 Å². The average Bonchev–Trinajstić information content (AvgIpc) is 2.84. The van der Waals surface area contributed by atoms with Crippen LogP contribution in [0.3, 0.4) is 0 Å². The second-order valence-electron chi connectivity index (χ2n) is 7.47. The molecule has 0 saturated heterocycles. The first kappa shape index (κ1) is 25.4. The summed E-state index contributed by atoms with van der Waals surface area (Å²) < 4.78 is 6.52. The zero-order valence-electron chi connectivity index (χ0n) is 18.8. The van der Waals surface area contributed by atoms with Crippen LogP contribution >= 0.6 is 28.1 Å². The van der Waals surface area contributed by atoms with Gasteiger partial charge in [-0.1, -0.05) is 37.3 Å². The van der Waals surface area contributed by atoms with Gasteiger partial charge in [0, 0.05) is 29.8 Å². The van der Waals surface area contributed by atoms with Crippen molar-refractivity contribution in [3.63, 3.8) is 0 Å². The highest BCUT2D eigenvalue weighted by molar-refractivity contribution is 9.10. The number of anilines is 1. The Kier molecular flexibility index (Phi) is 9.61. The molecule has 3 aromatic carbocycles. The lowest BCUT2D eigenvalue weighted by molar-refractivity contribution is 0.0951. The zero-order chi connectivity index (χ0) is 24.3. The molecule has 34 heavy (non-hydrogen) atoms. The fourth-order valence-electron chi connectivity index (χ4n) is 3.07. The van der Waals surface area contributed by atoms with Gasteiger partial charge in [0.15, 0.2) is 5.11 Å². The van der Waals surface area contributed by atoms with Gasteiger partial charge in [-0.25, -0.2) is 0 Å². The third-order valence-corrected chi connectivity index (χ3v) is 5.68. The molecule has 0 unspecified atom stereocenters. The highest BCUT2D eigenvalue weighted by Crippen LogP contribution is 2.26. The van der Waals surface area contributed by atoms with E-state index >= 15 is 0 Å². The van der Waals surface area contributed by atoms with Crippen molar-refractivity contribution < 1.29 is 14.3 Å². The minimum absolute atomic E-state index is 0.123. The summed E-state index contributed by atoms with van der Waals surface area (Å²) in [4.78, 5) is 24.6. The van der Waals surface area contributed by atoms with Crippen molar-refractivity contribution in [2.24, 2.45) is 0 Å². The lowest BCUT2D eigenvalue weighted by atomic mass is 10.2. The van der Waals surface area contributed by atoms with Crippen LogP contribution in [0.2, 0.25) is 0 Å². The highest BCUT2D eigenvalue weighted by atomic mass is 79.9. The maximum absolute atomic E-state index is 12.6. The topological polar surface area (TPSA) is 79.5 Å². The molecule has 0 aliphatic rings.